The Bertz CT molecular complexity index is 558. The van der Waals surface area contributed by atoms with Crippen LogP contribution in [0, 0.1) is 10.1 Å². The summed E-state index contributed by atoms with van der Waals surface area (Å²) in [7, 11) is 1.25. The van der Waals surface area contributed by atoms with E-state index in [9.17, 15) is 19.7 Å². The Morgan fingerprint density at radius 3 is 2.62 bits per heavy atom. The standard InChI is InChI=1S/C13H16N2O6/c1-3-4-9(13(17)18)14-12(16)8-5-6-10(15(19)20)11(7-8)21-2/h5-7,9H,3-4H2,1-2H3,(H,14,16)(H,17,18)/t9-/m1/s1. The number of carbonyl (C=O) groups excluding carboxylic acids is 1. The van der Waals surface area contributed by atoms with Gasteiger partial charge in [0.2, 0.25) is 0 Å². The van der Waals surface area contributed by atoms with Crippen LogP contribution in [-0.4, -0.2) is 35.1 Å². The summed E-state index contributed by atoms with van der Waals surface area (Å²) in [4.78, 5) is 33.1. The van der Waals surface area contributed by atoms with Crippen LogP contribution in [0.4, 0.5) is 5.69 Å². The Morgan fingerprint density at radius 2 is 2.14 bits per heavy atom. The van der Waals surface area contributed by atoms with Gasteiger partial charge in [-0.2, -0.15) is 0 Å². The molecular weight excluding hydrogens is 280 g/mol. The van der Waals surface area contributed by atoms with Gasteiger partial charge in [-0.05, 0) is 12.5 Å². The molecule has 114 valence electrons. The Labute approximate surface area is 120 Å². The number of nitro benzene ring substituents is 1. The Kier molecular flexibility index (Phi) is 5.65. The van der Waals surface area contributed by atoms with Gasteiger partial charge in [-0.1, -0.05) is 13.3 Å². The van der Waals surface area contributed by atoms with Gasteiger partial charge in [0.25, 0.3) is 5.91 Å². The third kappa shape index (κ3) is 4.16. The zero-order chi connectivity index (χ0) is 16.0. The van der Waals surface area contributed by atoms with Crippen LogP contribution in [0.3, 0.4) is 0 Å². The second kappa shape index (κ2) is 7.22. The van der Waals surface area contributed by atoms with E-state index in [0.29, 0.717) is 12.8 Å². The number of ether oxygens (including phenoxy) is 1. The quantitative estimate of drug-likeness (QED) is 0.582. The van der Waals surface area contributed by atoms with Gasteiger partial charge in [0.1, 0.15) is 6.04 Å². The molecule has 0 spiro atoms. The molecule has 0 aliphatic carbocycles. The van der Waals surface area contributed by atoms with Crippen LogP contribution in [0.15, 0.2) is 18.2 Å². The molecule has 1 aromatic carbocycles. The molecule has 21 heavy (non-hydrogen) atoms. The van der Waals surface area contributed by atoms with Crippen molar-refractivity contribution in [1.82, 2.24) is 5.32 Å². The second-order valence-electron chi connectivity index (χ2n) is 4.30. The van der Waals surface area contributed by atoms with Crippen LogP contribution in [0.1, 0.15) is 30.1 Å². The van der Waals surface area contributed by atoms with Gasteiger partial charge in [-0.3, -0.25) is 14.9 Å². The van der Waals surface area contributed by atoms with E-state index >= 15 is 0 Å². The van der Waals surface area contributed by atoms with Gasteiger partial charge in [-0.25, -0.2) is 4.79 Å². The summed E-state index contributed by atoms with van der Waals surface area (Å²) < 4.78 is 4.86. The van der Waals surface area contributed by atoms with Gasteiger partial charge in [-0.15, -0.1) is 0 Å². The molecule has 1 rings (SSSR count). The van der Waals surface area contributed by atoms with E-state index < -0.39 is 22.8 Å². The highest BCUT2D eigenvalue weighted by molar-refractivity contribution is 5.97. The topological polar surface area (TPSA) is 119 Å². The fourth-order valence-electron chi connectivity index (χ4n) is 1.76. The molecule has 0 heterocycles. The summed E-state index contributed by atoms with van der Waals surface area (Å²) >= 11 is 0. The molecule has 0 saturated heterocycles. The van der Waals surface area contributed by atoms with E-state index in [2.05, 4.69) is 5.32 Å². The monoisotopic (exact) mass is 296 g/mol. The number of aliphatic carboxylic acids is 1. The Hall–Kier alpha value is -2.64. The van der Waals surface area contributed by atoms with Gasteiger partial charge in [0, 0.05) is 17.7 Å². The number of rotatable bonds is 7. The lowest BCUT2D eigenvalue weighted by Crippen LogP contribution is -2.40. The van der Waals surface area contributed by atoms with Crippen molar-refractivity contribution in [1.29, 1.82) is 0 Å². The van der Waals surface area contributed by atoms with Crippen molar-refractivity contribution in [3.8, 4) is 5.75 Å². The number of amides is 1. The molecule has 0 saturated carbocycles. The smallest absolute Gasteiger partial charge is 0.326 e. The molecule has 0 bridgehead atoms. The van der Waals surface area contributed by atoms with Crippen LogP contribution >= 0.6 is 0 Å². The predicted molar refractivity (Wildman–Crippen MR) is 73.4 cm³/mol. The number of methoxy groups -OCH3 is 1. The molecule has 1 aromatic rings. The van der Waals surface area contributed by atoms with Crippen LogP contribution in [0.5, 0.6) is 5.75 Å². The summed E-state index contributed by atoms with van der Waals surface area (Å²) in [6.45, 7) is 1.80. The van der Waals surface area contributed by atoms with E-state index in [0.717, 1.165) is 6.07 Å². The SMILES string of the molecule is CCC[C@@H](NC(=O)c1ccc([N+](=O)[O-])c(OC)c1)C(=O)O. The highest BCUT2D eigenvalue weighted by Gasteiger charge is 2.22. The fraction of sp³-hybridized carbons (Fsp3) is 0.385. The summed E-state index contributed by atoms with van der Waals surface area (Å²) in [5.74, 6) is -1.81. The molecule has 2 N–H and O–H groups in total. The summed E-state index contributed by atoms with van der Waals surface area (Å²) in [5.41, 5.74) is -0.169. The number of hydrogen-bond acceptors (Lipinski definition) is 5. The summed E-state index contributed by atoms with van der Waals surface area (Å²) in [6.07, 6.45) is 0.895. The number of nitrogens with one attached hydrogen (secondary N) is 1. The fourth-order valence-corrected chi connectivity index (χ4v) is 1.76. The second-order valence-corrected chi connectivity index (χ2v) is 4.30. The number of carboxylic acid groups (broad SMARTS) is 1. The van der Waals surface area contributed by atoms with Gasteiger partial charge in [0.15, 0.2) is 5.75 Å². The van der Waals surface area contributed by atoms with Crippen molar-refractivity contribution in [3.05, 3.63) is 33.9 Å². The van der Waals surface area contributed by atoms with Crippen molar-refractivity contribution in [2.75, 3.05) is 7.11 Å². The lowest BCUT2D eigenvalue weighted by molar-refractivity contribution is -0.385. The zero-order valence-electron chi connectivity index (χ0n) is 11.7. The summed E-state index contributed by atoms with van der Waals surface area (Å²) in [5, 5.41) is 22.1. The average Bonchev–Trinajstić information content (AvgIpc) is 2.45. The zero-order valence-corrected chi connectivity index (χ0v) is 11.7. The van der Waals surface area contributed by atoms with Crippen molar-refractivity contribution >= 4 is 17.6 Å². The minimum atomic E-state index is -1.13. The minimum absolute atomic E-state index is 0.0602. The maximum atomic E-state index is 12.0. The van der Waals surface area contributed by atoms with Crippen molar-refractivity contribution in [3.63, 3.8) is 0 Å². The number of nitro groups is 1. The lowest BCUT2D eigenvalue weighted by Gasteiger charge is -2.13. The molecule has 1 amide bonds. The number of hydrogen-bond donors (Lipinski definition) is 2. The van der Waals surface area contributed by atoms with Crippen LogP contribution < -0.4 is 10.1 Å². The highest BCUT2D eigenvalue weighted by Crippen LogP contribution is 2.27. The lowest BCUT2D eigenvalue weighted by atomic mass is 10.1. The Morgan fingerprint density at radius 1 is 1.48 bits per heavy atom. The average molecular weight is 296 g/mol. The third-order valence-corrected chi connectivity index (χ3v) is 2.82. The van der Waals surface area contributed by atoms with E-state index in [-0.39, 0.29) is 17.0 Å². The van der Waals surface area contributed by atoms with Gasteiger partial charge >= 0.3 is 11.7 Å². The summed E-state index contributed by atoms with van der Waals surface area (Å²) in [6, 6.07) is 2.60. The molecule has 0 radical (unpaired) electrons. The normalized spacial score (nSPS) is 11.5. The molecule has 0 fully saturated rings. The number of carboxylic acids is 1. The molecule has 0 aliphatic rings. The molecule has 1 atom stereocenters. The number of nitrogens with zero attached hydrogens (tertiary/aromatic N) is 1. The molecule has 8 nitrogen and oxygen atoms in total. The minimum Gasteiger partial charge on any atom is -0.490 e. The predicted octanol–water partition coefficient (Wildman–Crippen LogP) is 1.59. The first-order chi connectivity index (χ1) is 9.90. The first-order valence-electron chi connectivity index (χ1n) is 6.26. The van der Waals surface area contributed by atoms with Crippen LogP contribution in [0.2, 0.25) is 0 Å². The van der Waals surface area contributed by atoms with E-state index in [1.165, 1.54) is 19.2 Å². The molecule has 8 heteroatoms. The first kappa shape index (κ1) is 16.4. The maximum absolute atomic E-state index is 12.0. The van der Waals surface area contributed by atoms with Crippen molar-refractivity contribution < 1.29 is 24.4 Å². The van der Waals surface area contributed by atoms with E-state index in [1.54, 1.807) is 6.92 Å². The highest BCUT2D eigenvalue weighted by atomic mass is 16.6. The third-order valence-electron chi connectivity index (χ3n) is 2.82. The first-order valence-corrected chi connectivity index (χ1v) is 6.26. The molecular formula is C13H16N2O6. The van der Waals surface area contributed by atoms with Crippen LogP contribution in [0.25, 0.3) is 0 Å². The van der Waals surface area contributed by atoms with Gasteiger partial charge < -0.3 is 15.2 Å². The van der Waals surface area contributed by atoms with Crippen LogP contribution in [-0.2, 0) is 4.79 Å². The van der Waals surface area contributed by atoms with Crippen molar-refractivity contribution in [2.24, 2.45) is 0 Å². The van der Waals surface area contributed by atoms with Gasteiger partial charge in [0.05, 0.1) is 12.0 Å². The number of benzene rings is 1. The molecule has 0 aliphatic heterocycles. The number of carbonyl (C=O) groups is 2. The Balaban J connectivity index is 2.97. The van der Waals surface area contributed by atoms with Crippen molar-refractivity contribution in [2.45, 2.75) is 25.8 Å². The van der Waals surface area contributed by atoms with E-state index in [4.69, 9.17) is 9.84 Å². The maximum Gasteiger partial charge on any atom is 0.326 e. The molecule has 0 aromatic heterocycles. The van der Waals surface area contributed by atoms with E-state index in [1.807, 2.05) is 0 Å². The largest absolute Gasteiger partial charge is 0.490 e. The molecule has 0 unspecified atom stereocenters.